The molecular weight excluding hydrogens is 248 g/mol. The second-order valence-corrected chi connectivity index (χ2v) is 4.33. The van der Waals surface area contributed by atoms with Crippen molar-refractivity contribution in [2.75, 3.05) is 0 Å². The average molecular weight is 263 g/mol. The largest absolute Gasteiger partial charge is 0.486 e. The van der Waals surface area contributed by atoms with Gasteiger partial charge in [-0.2, -0.15) is 0 Å². The summed E-state index contributed by atoms with van der Waals surface area (Å²) in [6.07, 6.45) is 0. The van der Waals surface area contributed by atoms with Crippen LogP contribution < -0.4 is 10.5 Å². The number of rotatable bonds is 4. The van der Waals surface area contributed by atoms with Gasteiger partial charge in [-0.15, -0.1) is 0 Å². The number of hydrogen-bond acceptors (Lipinski definition) is 2. The number of nitrogens with two attached hydrogens (primary N) is 1. The highest BCUT2D eigenvalue weighted by Gasteiger charge is 2.06. The standard InChI is InChI=1S/C15H15F2NO/c1-10-6-13(16)4-3-12(10)9-19-15-5-2-11(8-18)7-14(15)17/h2-7H,8-9,18H2,1H3. The summed E-state index contributed by atoms with van der Waals surface area (Å²) < 4.78 is 32.0. The van der Waals surface area contributed by atoms with E-state index in [1.54, 1.807) is 25.1 Å². The molecule has 0 aliphatic carbocycles. The monoisotopic (exact) mass is 263 g/mol. The number of hydrogen-bond donors (Lipinski definition) is 1. The highest BCUT2D eigenvalue weighted by atomic mass is 19.1. The molecule has 0 aliphatic heterocycles. The summed E-state index contributed by atoms with van der Waals surface area (Å²) in [5, 5.41) is 0. The predicted molar refractivity (Wildman–Crippen MR) is 69.8 cm³/mol. The van der Waals surface area contributed by atoms with Gasteiger partial charge in [0.1, 0.15) is 12.4 Å². The Morgan fingerprint density at radius 2 is 1.89 bits per heavy atom. The minimum Gasteiger partial charge on any atom is -0.486 e. The Balaban J connectivity index is 2.10. The van der Waals surface area contributed by atoms with Gasteiger partial charge in [-0.05, 0) is 47.9 Å². The summed E-state index contributed by atoms with van der Waals surface area (Å²) in [5.41, 5.74) is 7.74. The van der Waals surface area contributed by atoms with Gasteiger partial charge in [-0.1, -0.05) is 12.1 Å². The zero-order valence-corrected chi connectivity index (χ0v) is 10.6. The fourth-order valence-electron chi connectivity index (χ4n) is 1.77. The molecule has 4 heteroatoms. The molecule has 0 bridgehead atoms. The Kier molecular flexibility index (Phi) is 4.12. The summed E-state index contributed by atoms with van der Waals surface area (Å²) in [5.74, 6) is -0.566. The van der Waals surface area contributed by atoms with Crippen LogP contribution in [0.15, 0.2) is 36.4 Å². The van der Waals surface area contributed by atoms with Crippen LogP contribution in [0.5, 0.6) is 5.75 Å². The van der Waals surface area contributed by atoms with Crippen molar-refractivity contribution < 1.29 is 13.5 Å². The lowest BCUT2D eigenvalue weighted by atomic mass is 10.1. The van der Waals surface area contributed by atoms with E-state index in [1.807, 2.05) is 0 Å². The summed E-state index contributed by atoms with van der Waals surface area (Å²) in [6.45, 7) is 2.27. The van der Waals surface area contributed by atoms with Gasteiger partial charge in [0, 0.05) is 6.54 Å². The molecule has 0 fully saturated rings. The first-order valence-corrected chi connectivity index (χ1v) is 5.96. The molecule has 0 atom stereocenters. The fraction of sp³-hybridized carbons (Fsp3) is 0.200. The van der Waals surface area contributed by atoms with E-state index in [-0.39, 0.29) is 24.7 Å². The Morgan fingerprint density at radius 3 is 2.53 bits per heavy atom. The molecule has 0 saturated carbocycles. The van der Waals surface area contributed by atoms with Gasteiger partial charge in [0.2, 0.25) is 0 Å². The van der Waals surface area contributed by atoms with Crippen LogP contribution in [-0.4, -0.2) is 0 Å². The molecule has 0 radical (unpaired) electrons. The lowest BCUT2D eigenvalue weighted by Crippen LogP contribution is -2.02. The number of halogens is 2. The SMILES string of the molecule is Cc1cc(F)ccc1COc1ccc(CN)cc1F. The van der Waals surface area contributed by atoms with Crippen LogP contribution in [0.4, 0.5) is 8.78 Å². The summed E-state index contributed by atoms with van der Waals surface area (Å²) in [6, 6.07) is 9.04. The van der Waals surface area contributed by atoms with E-state index in [2.05, 4.69) is 0 Å². The Labute approximate surface area is 110 Å². The molecule has 0 heterocycles. The van der Waals surface area contributed by atoms with Crippen molar-refractivity contribution in [3.63, 3.8) is 0 Å². The summed E-state index contributed by atoms with van der Waals surface area (Å²) >= 11 is 0. The number of aryl methyl sites for hydroxylation is 1. The molecule has 2 nitrogen and oxygen atoms in total. The maximum atomic E-state index is 13.7. The highest BCUT2D eigenvalue weighted by Crippen LogP contribution is 2.20. The average Bonchev–Trinajstić information content (AvgIpc) is 2.39. The first-order chi connectivity index (χ1) is 9.10. The second-order valence-electron chi connectivity index (χ2n) is 4.33. The minimum absolute atomic E-state index is 0.168. The molecule has 0 aromatic heterocycles. The maximum Gasteiger partial charge on any atom is 0.165 e. The smallest absolute Gasteiger partial charge is 0.165 e. The van der Waals surface area contributed by atoms with E-state index < -0.39 is 5.82 Å². The van der Waals surface area contributed by atoms with E-state index in [0.29, 0.717) is 5.56 Å². The van der Waals surface area contributed by atoms with Crippen LogP contribution in [0.3, 0.4) is 0 Å². The zero-order valence-electron chi connectivity index (χ0n) is 10.6. The van der Waals surface area contributed by atoms with Crippen LogP contribution in [0, 0.1) is 18.6 Å². The van der Waals surface area contributed by atoms with Crippen molar-refractivity contribution in [2.45, 2.75) is 20.1 Å². The Hall–Kier alpha value is -1.94. The van der Waals surface area contributed by atoms with Crippen LogP contribution >= 0.6 is 0 Å². The molecule has 0 aliphatic rings. The van der Waals surface area contributed by atoms with Crippen molar-refractivity contribution in [3.05, 3.63) is 64.7 Å². The van der Waals surface area contributed by atoms with Crippen molar-refractivity contribution in [1.82, 2.24) is 0 Å². The highest BCUT2D eigenvalue weighted by molar-refractivity contribution is 5.31. The van der Waals surface area contributed by atoms with Gasteiger partial charge in [-0.3, -0.25) is 0 Å². The van der Waals surface area contributed by atoms with E-state index in [4.69, 9.17) is 10.5 Å². The molecule has 0 saturated heterocycles. The third kappa shape index (κ3) is 3.29. The summed E-state index contributed by atoms with van der Waals surface area (Å²) in [7, 11) is 0. The van der Waals surface area contributed by atoms with E-state index in [0.717, 1.165) is 11.1 Å². The van der Waals surface area contributed by atoms with E-state index in [1.165, 1.54) is 18.2 Å². The van der Waals surface area contributed by atoms with Gasteiger partial charge in [0.15, 0.2) is 11.6 Å². The molecule has 100 valence electrons. The van der Waals surface area contributed by atoms with Gasteiger partial charge in [0.05, 0.1) is 0 Å². The summed E-state index contributed by atoms with van der Waals surface area (Å²) in [4.78, 5) is 0. The van der Waals surface area contributed by atoms with Crippen molar-refractivity contribution in [2.24, 2.45) is 5.73 Å². The Morgan fingerprint density at radius 1 is 1.11 bits per heavy atom. The van der Waals surface area contributed by atoms with Crippen LogP contribution in [0.1, 0.15) is 16.7 Å². The fourth-order valence-corrected chi connectivity index (χ4v) is 1.77. The molecule has 2 rings (SSSR count). The molecule has 2 N–H and O–H groups in total. The molecule has 0 unspecified atom stereocenters. The quantitative estimate of drug-likeness (QED) is 0.918. The van der Waals surface area contributed by atoms with Gasteiger partial charge >= 0.3 is 0 Å². The molecule has 2 aromatic carbocycles. The van der Waals surface area contributed by atoms with Crippen molar-refractivity contribution >= 4 is 0 Å². The minimum atomic E-state index is -0.442. The van der Waals surface area contributed by atoms with E-state index >= 15 is 0 Å². The maximum absolute atomic E-state index is 13.7. The second kappa shape index (κ2) is 5.80. The van der Waals surface area contributed by atoms with E-state index in [9.17, 15) is 8.78 Å². The lowest BCUT2D eigenvalue weighted by Gasteiger charge is -2.10. The van der Waals surface area contributed by atoms with Gasteiger partial charge in [0.25, 0.3) is 0 Å². The van der Waals surface area contributed by atoms with Crippen LogP contribution in [0.25, 0.3) is 0 Å². The Bertz CT molecular complexity index is 584. The predicted octanol–water partition coefficient (Wildman–Crippen LogP) is 3.31. The first-order valence-electron chi connectivity index (χ1n) is 5.96. The molecule has 19 heavy (non-hydrogen) atoms. The third-order valence-corrected chi connectivity index (χ3v) is 2.92. The van der Waals surface area contributed by atoms with Gasteiger partial charge in [-0.25, -0.2) is 8.78 Å². The molecule has 0 amide bonds. The molecular formula is C15H15F2NO. The van der Waals surface area contributed by atoms with Crippen LogP contribution in [-0.2, 0) is 13.2 Å². The van der Waals surface area contributed by atoms with Crippen molar-refractivity contribution in [3.8, 4) is 5.75 Å². The first kappa shape index (κ1) is 13.5. The third-order valence-electron chi connectivity index (χ3n) is 2.92. The zero-order chi connectivity index (χ0) is 13.8. The topological polar surface area (TPSA) is 35.2 Å². The normalized spacial score (nSPS) is 10.5. The molecule has 2 aromatic rings. The number of benzene rings is 2. The van der Waals surface area contributed by atoms with Crippen molar-refractivity contribution in [1.29, 1.82) is 0 Å². The van der Waals surface area contributed by atoms with Gasteiger partial charge < -0.3 is 10.5 Å². The molecule has 0 spiro atoms. The lowest BCUT2D eigenvalue weighted by molar-refractivity contribution is 0.289. The van der Waals surface area contributed by atoms with Crippen LogP contribution in [0.2, 0.25) is 0 Å². The number of ether oxygens (including phenoxy) is 1.